The van der Waals surface area contributed by atoms with Crippen molar-refractivity contribution in [2.24, 2.45) is 5.92 Å². The van der Waals surface area contributed by atoms with E-state index in [0.717, 1.165) is 30.0 Å². The number of ether oxygens (including phenoxy) is 1. The van der Waals surface area contributed by atoms with Crippen molar-refractivity contribution in [3.63, 3.8) is 0 Å². The van der Waals surface area contributed by atoms with Crippen LogP contribution in [-0.4, -0.2) is 18.5 Å². The van der Waals surface area contributed by atoms with Crippen molar-refractivity contribution in [2.75, 3.05) is 11.9 Å². The van der Waals surface area contributed by atoms with Gasteiger partial charge in [-0.25, -0.2) is 0 Å². The van der Waals surface area contributed by atoms with E-state index in [1.807, 2.05) is 42.5 Å². The van der Waals surface area contributed by atoms with Crippen LogP contribution in [0, 0.1) is 5.92 Å². The summed E-state index contributed by atoms with van der Waals surface area (Å²) in [5, 5.41) is 4.92. The molecule has 4 heteroatoms. The maximum atomic E-state index is 11.8. The topological polar surface area (TPSA) is 55.4 Å². The Hall–Kier alpha value is -2.36. The first kappa shape index (κ1) is 13.6. The van der Waals surface area contributed by atoms with Gasteiger partial charge in [-0.2, -0.15) is 0 Å². The summed E-state index contributed by atoms with van der Waals surface area (Å²) in [5.41, 5.74) is 0.707. The Bertz CT molecular complexity index is 677. The molecule has 3 rings (SSSR count). The molecule has 0 bridgehead atoms. The molecule has 108 valence electrons. The number of fused-ring (bicyclic) bond motifs is 1. The first-order chi connectivity index (χ1) is 10.2. The summed E-state index contributed by atoms with van der Waals surface area (Å²) in [6, 6.07) is 13.6. The van der Waals surface area contributed by atoms with Gasteiger partial charge in [-0.15, -0.1) is 0 Å². The summed E-state index contributed by atoms with van der Waals surface area (Å²) < 4.78 is 5.02. The highest BCUT2D eigenvalue weighted by Gasteiger charge is 2.27. The molecule has 0 unspecified atom stereocenters. The van der Waals surface area contributed by atoms with Gasteiger partial charge in [0.25, 0.3) is 5.91 Å². The molecule has 2 aromatic rings. The van der Waals surface area contributed by atoms with Crippen molar-refractivity contribution in [3.05, 3.63) is 42.5 Å². The van der Waals surface area contributed by atoms with Gasteiger partial charge in [0.2, 0.25) is 0 Å². The molecular formula is C17H17NO3. The van der Waals surface area contributed by atoms with E-state index in [2.05, 4.69) is 5.32 Å². The molecule has 1 aliphatic rings. The Balaban J connectivity index is 1.56. The van der Waals surface area contributed by atoms with Crippen LogP contribution >= 0.6 is 0 Å². The van der Waals surface area contributed by atoms with Crippen molar-refractivity contribution in [2.45, 2.75) is 19.3 Å². The van der Waals surface area contributed by atoms with Gasteiger partial charge in [-0.3, -0.25) is 9.59 Å². The lowest BCUT2D eigenvalue weighted by atomic mass is 9.86. The number of carbonyl (C=O) groups is 2. The predicted octanol–water partition coefficient (Wildman–Crippen LogP) is 3.12. The lowest BCUT2D eigenvalue weighted by Crippen LogP contribution is -2.28. The van der Waals surface area contributed by atoms with Crippen LogP contribution < -0.4 is 5.32 Å². The first-order valence-corrected chi connectivity index (χ1v) is 7.18. The normalized spacial score (nSPS) is 14.5. The third-order valence-corrected chi connectivity index (χ3v) is 3.82. The molecule has 0 radical (unpaired) electrons. The molecule has 0 heterocycles. The molecular weight excluding hydrogens is 266 g/mol. The van der Waals surface area contributed by atoms with E-state index in [0.29, 0.717) is 5.69 Å². The van der Waals surface area contributed by atoms with Gasteiger partial charge in [-0.05, 0) is 35.7 Å². The summed E-state index contributed by atoms with van der Waals surface area (Å²) in [6.07, 6.45) is 2.83. The highest BCUT2D eigenvalue weighted by atomic mass is 16.5. The maximum absolute atomic E-state index is 11.8. The summed E-state index contributed by atoms with van der Waals surface area (Å²) in [4.78, 5) is 23.3. The molecule has 1 amide bonds. The van der Waals surface area contributed by atoms with Gasteiger partial charge in [-0.1, -0.05) is 36.8 Å². The number of carbonyl (C=O) groups excluding carboxylic acids is 2. The zero-order valence-corrected chi connectivity index (χ0v) is 11.7. The summed E-state index contributed by atoms with van der Waals surface area (Å²) in [7, 11) is 0. The van der Waals surface area contributed by atoms with Crippen molar-refractivity contribution >= 4 is 28.3 Å². The Morgan fingerprint density at radius 3 is 2.57 bits per heavy atom. The zero-order chi connectivity index (χ0) is 14.7. The highest BCUT2D eigenvalue weighted by molar-refractivity contribution is 5.95. The number of hydrogen-bond acceptors (Lipinski definition) is 3. The molecule has 0 atom stereocenters. The van der Waals surface area contributed by atoms with E-state index in [4.69, 9.17) is 4.74 Å². The van der Waals surface area contributed by atoms with Crippen LogP contribution in [0.4, 0.5) is 5.69 Å². The molecule has 0 saturated heterocycles. The van der Waals surface area contributed by atoms with Gasteiger partial charge in [0.1, 0.15) is 0 Å². The number of nitrogens with one attached hydrogen (secondary N) is 1. The quantitative estimate of drug-likeness (QED) is 0.877. The summed E-state index contributed by atoms with van der Waals surface area (Å²) in [5.74, 6) is -0.564. The van der Waals surface area contributed by atoms with Crippen LogP contribution in [0.1, 0.15) is 19.3 Å². The van der Waals surface area contributed by atoms with E-state index in [1.165, 1.54) is 0 Å². The molecule has 21 heavy (non-hydrogen) atoms. The molecule has 0 spiro atoms. The van der Waals surface area contributed by atoms with E-state index in [1.54, 1.807) is 0 Å². The smallest absolute Gasteiger partial charge is 0.309 e. The number of anilines is 1. The SMILES string of the molecule is O=C(COC(=O)C1CCC1)Nc1ccc2ccccc2c1. The minimum absolute atomic E-state index is 0.00142. The first-order valence-electron chi connectivity index (χ1n) is 7.18. The van der Waals surface area contributed by atoms with Crippen molar-refractivity contribution in [1.82, 2.24) is 0 Å². The minimum Gasteiger partial charge on any atom is -0.455 e. The van der Waals surface area contributed by atoms with E-state index >= 15 is 0 Å². The number of amides is 1. The average Bonchev–Trinajstić information content (AvgIpc) is 2.43. The van der Waals surface area contributed by atoms with Crippen molar-refractivity contribution < 1.29 is 14.3 Å². The monoisotopic (exact) mass is 283 g/mol. The van der Waals surface area contributed by atoms with Crippen molar-refractivity contribution in [1.29, 1.82) is 0 Å². The molecule has 0 aliphatic heterocycles. The average molecular weight is 283 g/mol. The number of benzene rings is 2. The fourth-order valence-corrected chi connectivity index (χ4v) is 2.36. The maximum Gasteiger partial charge on any atom is 0.309 e. The second-order valence-electron chi connectivity index (χ2n) is 5.35. The number of hydrogen-bond donors (Lipinski definition) is 1. The Labute approximate surface area is 123 Å². The van der Waals surface area contributed by atoms with Crippen LogP contribution in [0.25, 0.3) is 10.8 Å². The van der Waals surface area contributed by atoms with Crippen LogP contribution in [-0.2, 0) is 14.3 Å². The van der Waals surface area contributed by atoms with Crippen LogP contribution in [0.5, 0.6) is 0 Å². The fraction of sp³-hybridized carbons (Fsp3) is 0.294. The Morgan fingerprint density at radius 2 is 1.86 bits per heavy atom. The second-order valence-corrected chi connectivity index (χ2v) is 5.35. The van der Waals surface area contributed by atoms with Crippen molar-refractivity contribution in [3.8, 4) is 0 Å². The highest BCUT2D eigenvalue weighted by Crippen LogP contribution is 2.27. The molecule has 4 nitrogen and oxygen atoms in total. The van der Waals surface area contributed by atoms with Gasteiger partial charge >= 0.3 is 5.97 Å². The zero-order valence-electron chi connectivity index (χ0n) is 11.7. The Morgan fingerprint density at radius 1 is 1.10 bits per heavy atom. The second kappa shape index (κ2) is 5.95. The van der Waals surface area contributed by atoms with E-state index in [-0.39, 0.29) is 24.4 Å². The molecule has 1 N–H and O–H groups in total. The summed E-state index contributed by atoms with van der Waals surface area (Å²) in [6.45, 7) is -0.220. The van der Waals surface area contributed by atoms with E-state index < -0.39 is 0 Å². The largest absolute Gasteiger partial charge is 0.455 e. The minimum atomic E-state index is -0.307. The van der Waals surface area contributed by atoms with Gasteiger partial charge in [0, 0.05) is 5.69 Å². The van der Waals surface area contributed by atoms with E-state index in [9.17, 15) is 9.59 Å². The molecule has 1 aliphatic carbocycles. The predicted molar refractivity (Wildman–Crippen MR) is 80.9 cm³/mol. The lowest BCUT2D eigenvalue weighted by Gasteiger charge is -2.22. The summed E-state index contributed by atoms with van der Waals surface area (Å²) >= 11 is 0. The molecule has 0 aromatic heterocycles. The number of esters is 1. The Kier molecular flexibility index (Phi) is 3.86. The van der Waals surface area contributed by atoms with Gasteiger partial charge < -0.3 is 10.1 Å². The molecule has 1 saturated carbocycles. The van der Waals surface area contributed by atoms with Crippen LogP contribution in [0.3, 0.4) is 0 Å². The van der Waals surface area contributed by atoms with Crippen LogP contribution in [0.15, 0.2) is 42.5 Å². The molecule has 1 fully saturated rings. The van der Waals surface area contributed by atoms with Gasteiger partial charge in [0.05, 0.1) is 5.92 Å². The molecule has 2 aromatic carbocycles. The third kappa shape index (κ3) is 3.21. The van der Waals surface area contributed by atoms with Crippen LogP contribution in [0.2, 0.25) is 0 Å². The van der Waals surface area contributed by atoms with Gasteiger partial charge in [0.15, 0.2) is 6.61 Å². The number of rotatable bonds is 4. The lowest BCUT2D eigenvalue weighted by molar-refractivity contribution is -0.154. The standard InChI is InChI=1S/C17H17NO3/c19-16(11-21-17(20)13-6-3-7-13)18-15-9-8-12-4-1-2-5-14(12)10-15/h1-2,4-5,8-10,13H,3,6-7,11H2,(H,18,19). The fourth-order valence-electron chi connectivity index (χ4n) is 2.36. The third-order valence-electron chi connectivity index (χ3n) is 3.82.